The molecule has 31 heavy (non-hydrogen) atoms. The van der Waals surface area contributed by atoms with Crippen molar-refractivity contribution in [1.29, 1.82) is 0 Å². The molecule has 0 aliphatic carbocycles. The topological polar surface area (TPSA) is 107 Å². The predicted molar refractivity (Wildman–Crippen MR) is 112 cm³/mol. The number of aliphatic hydroxyl groups is 1. The number of aromatic nitrogens is 2. The molecule has 0 saturated carbocycles. The number of carbonyl (C=O) groups excluding carboxylic acids is 1. The standard InChI is InChI=1S/C22H30N4O5/c1-26-8-7-24-19(26)13-25-20(27)10-15-9-17-22(30-15)21(28)18(31-17)12-23-11-14-5-3-4-6-16(14)29-2/h3-8,15,17-18,21-23,28H,9-13H2,1-2H3,(H,25,27)/t15-,17+,18+,21+,22-/m0/s1. The number of aryl methyl sites for hydroxylation is 1. The summed E-state index contributed by atoms with van der Waals surface area (Å²) in [6.45, 7) is 1.50. The largest absolute Gasteiger partial charge is 0.496 e. The summed E-state index contributed by atoms with van der Waals surface area (Å²) in [6.07, 6.45) is 2.45. The zero-order chi connectivity index (χ0) is 21.8. The van der Waals surface area contributed by atoms with Gasteiger partial charge in [-0.15, -0.1) is 0 Å². The van der Waals surface area contributed by atoms with Gasteiger partial charge >= 0.3 is 0 Å². The molecule has 1 amide bonds. The van der Waals surface area contributed by atoms with Gasteiger partial charge in [0, 0.05) is 44.5 Å². The van der Waals surface area contributed by atoms with Crippen LogP contribution in [-0.4, -0.2) is 64.7 Å². The number of carbonyl (C=O) groups is 1. The van der Waals surface area contributed by atoms with Crippen LogP contribution in [0.5, 0.6) is 5.75 Å². The number of nitrogens with zero attached hydrogens (tertiary/aromatic N) is 2. The molecule has 5 atom stereocenters. The van der Waals surface area contributed by atoms with E-state index in [0.29, 0.717) is 26.1 Å². The van der Waals surface area contributed by atoms with Crippen molar-refractivity contribution in [3.63, 3.8) is 0 Å². The van der Waals surface area contributed by atoms with Gasteiger partial charge in [0.2, 0.25) is 5.91 Å². The number of amides is 1. The Hall–Kier alpha value is -2.46. The number of para-hydroxylation sites is 1. The smallest absolute Gasteiger partial charge is 0.222 e. The zero-order valence-corrected chi connectivity index (χ0v) is 17.9. The Balaban J connectivity index is 1.19. The average molecular weight is 431 g/mol. The second kappa shape index (κ2) is 9.78. The third-order valence-electron chi connectivity index (χ3n) is 5.91. The van der Waals surface area contributed by atoms with E-state index in [9.17, 15) is 9.90 Å². The summed E-state index contributed by atoms with van der Waals surface area (Å²) >= 11 is 0. The molecule has 2 saturated heterocycles. The van der Waals surface area contributed by atoms with Gasteiger partial charge in [0.1, 0.15) is 23.8 Å². The predicted octanol–water partition coefficient (Wildman–Crippen LogP) is 0.511. The van der Waals surface area contributed by atoms with Crippen LogP contribution in [0.15, 0.2) is 36.7 Å². The van der Waals surface area contributed by atoms with Crippen LogP contribution in [0, 0.1) is 0 Å². The number of ether oxygens (including phenoxy) is 3. The lowest BCUT2D eigenvalue weighted by Gasteiger charge is -2.20. The summed E-state index contributed by atoms with van der Waals surface area (Å²) in [5, 5.41) is 16.8. The Bertz CT molecular complexity index is 888. The van der Waals surface area contributed by atoms with Crippen molar-refractivity contribution in [3.8, 4) is 5.75 Å². The van der Waals surface area contributed by atoms with E-state index >= 15 is 0 Å². The third kappa shape index (κ3) is 5.07. The number of methoxy groups -OCH3 is 1. The quantitative estimate of drug-likeness (QED) is 0.532. The maximum absolute atomic E-state index is 12.2. The van der Waals surface area contributed by atoms with Crippen LogP contribution < -0.4 is 15.4 Å². The van der Waals surface area contributed by atoms with Crippen LogP contribution in [0.4, 0.5) is 0 Å². The van der Waals surface area contributed by atoms with E-state index < -0.39 is 12.2 Å². The van der Waals surface area contributed by atoms with Gasteiger partial charge in [0.05, 0.1) is 38.4 Å². The third-order valence-corrected chi connectivity index (χ3v) is 5.91. The van der Waals surface area contributed by atoms with Gasteiger partial charge in [0.25, 0.3) is 0 Å². The Kier molecular flexibility index (Phi) is 6.86. The van der Waals surface area contributed by atoms with Crippen molar-refractivity contribution in [2.75, 3.05) is 13.7 Å². The van der Waals surface area contributed by atoms with Gasteiger partial charge in [-0.2, -0.15) is 0 Å². The minimum absolute atomic E-state index is 0.0995. The molecule has 9 heteroatoms. The van der Waals surface area contributed by atoms with Crippen LogP contribution in [0.1, 0.15) is 24.2 Å². The summed E-state index contributed by atoms with van der Waals surface area (Å²) in [5.41, 5.74) is 1.05. The van der Waals surface area contributed by atoms with Gasteiger partial charge in [-0.3, -0.25) is 4.79 Å². The van der Waals surface area contributed by atoms with Gasteiger partial charge in [-0.05, 0) is 6.07 Å². The van der Waals surface area contributed by atoms with Crippen molar-refractivity contribution >= 4 is 5.91 Å². The summed E-state index contributed by atoms with van der Waals surface area (Å²) in [4.78, 5) is 16.4. The Morgan fingerprint density at radius 1 is 1.32 bits per heavy atom. The molecular weight excluding hydrogens is 400 g/mol. The first kappa shape index (κ1) is 21.8. The van der Waals surface area contributed by atoms with Gasteiger partial charge < -0.3 is 34.5 Å². The molecule has 2 aliphatic rings. The molecule has 0 spiro atoms. The van der Waals surface area contributed by atoms with Crippen LogP contribution in [0.2, 0.25) is 0 Å². The summed E-state index contributed by atoms with van der Waals surface area (Å²) < 4.78 is 19.2. The second-order valence-corrected chi connectivity index (χ2v) is 8.04. The number of nitrogens with one attached hydrogen (secondary N) is 2. The highest BCUT2D eigenvalue weighted by molar-refractivity contribution is 5.76. The number of fused-ring (bicyclic) bond motifs is 1. The molecule has 0 radical (unpaired) electrons. The lowest BCUT2D eigenvalue weighted by atomic mass is 10.1. The first-order chi connectivity index (χ1) is 15.0. The van der Waals surface area contributed by atoms with Crippen molar-refractivity contribution in [2.45, 2.75) is 56.5 Å². The SMILES string of the molecule is COc1ccccc1CNC[C@H]1O[C@@H]2C[C@@H](CC(=O)NCc3nccn3C)O[C@@H]2[C@@H]1O. The normalized spacial score (nSPS) is 27.3. The van der Waals surface area contributed by atoms with Crippen molar-refractivity contribution < 1.29 is 24.1 Å². The fourth-order valence-electron chi connectivity index (χ4n) is 4.23. The maximum atomic E-state index is 12.2. The average Bonchev–Trinajstić information content (AvgIpc) is 3.43. The Labute approximate surface area is 181 Å². The Morgan fingerprint density at radius 3 is 2.90 bits per heavy atom. The molecule has 0 bridgehead atoms. The fraction of sp³-hybridized carbons (Fsp3) is 0.545. The number of imidazole rings is 1. The van der Waals surface area contributed by atoms with Crippen LogP contribution in [0.3, 0.4) is 0 Å². The minimum atomic E-state index is -0.726. The molecule has 2 aromatic rings. The molecule has 4 rings (SSSR count). The molecule has 1 aromatic carbocycles. The highest BCUT2D eigenvalue weighted by Crippen LogP contribution is 2.35. The summed E-state index contributed by atoms with van der Waals surface area (Å²) in [6, 6.07) is 7.81. The first-order valence-electron chi connectivity index (χ1n) is 10.6. The van der Waals surface area contributed by atoms with Gasteiger partial charge in [-0.25, -0.2) is 4.98 Å². The van der Waals surface area contributed by atoms with Gasteiger partial charge in [0.15, 0.2) is 0 Å². The molecule has 3 heterocycles. The Morgan fingerprint density at radius 2 is 2.16 bits per heavy atom. The van der Waals surface area contributed by atoms with E-state index in [1.165, 1.54) is 0 Å². The van der Waals surface area contributed by atoms with Crippen molar-refractivity contribution in [1.82, 2.24) is 20.2 Å². The molecule has 168 valence electrons. The second-order valence-electron chi connectivity index (χ2n) is 8.04. The molecule has 2 fully saturated rings. The number of hydrogen-bond donors (Lipinski definition) is 3. The van der Waals surface area contributed by atoms with E-state index in [4.69, 9.17) is 14.2 Å². The highest BCUT2D eigenvalue weighted by Gasteiger charge is 2.50. The highest BCUT2D eigenvalue weighted by atomic mass is 16.6. The van der Waals surface area contributed by atoms with Crippen molar-refractivity contribution in [2.24, 2.45) is 7.05 Å². The molecule has 2 aliphatic heterocycles. The summed E-state index contributed by atoms with van der Waals surface area (Å²) in [5.74, 6) is 1.52. The van der Waals surface area contributed by atoms with E-state index in [1.807, 2.05) is 42.1 Å². The van der Waals surface area contributed by atoms with E-state index in [1.54, 1.807) is 13.3 Å². The number of aliphatic hydroxyl groups excluding tert-OH is 1. The fourth-order valence-corrected chi connectivity index (χ4v) is 4.23. The number of hydrogen-bond acceptors (Lipinski definition) is 7. The number of benzene rings is 1. The van der Waals surface area contributed by atoms with Gasteiger partial charge in [-0.1, -0.05) is 18.2 Å². The van der Waals surface area contributed by atoms with Crippen molar-refractivity contribution in [3.05, 3.63) is 48.0 Å². The molecule has 1 aromatic heterocycles. The lowest BCUT2D eigenvalue weighted by molar-refractivity contribution is -0.125. The van der Waals surface area contributed by atoms with E-state index in [0.717, 1.165) is 17.1 Å². The minimum Gasteiger partial charge on any atom is -0.496 e. The van der Waals surface area contributed by atoms with Crippen LogP contribution in [-0.2, 0) is 34.4 Å². The molecule has 3 N–H and O–H groups in total. The first-order valence-corrected chi connectivity index (χ1v) is 10.6. The lowest BCUT2D eigenvalue weighted by Crippen LogP contribution is -2.39. The molecule has 0 unspecified atom stereocenters. The van der Waals surface area contributed by atoms with E-state index in [2.05, 4.69) is 15.6 Å². The van der Waals surface area contributed by atoms with Crippen LogP contribution in [0.25, 0.3) is 0 Å². The number of rotatable bonds is 9. The van der Waals surface area contributed by atoms with Crippen LogP contribution >= 0.6 is 0 Å². The monoisotopic (exact) mass is 430 g/mol. The van der Waals surface area contributed by atoms with E-state index in [-0.39, 0.29) is 30.6 Å². The maximum Gasteiger partial charge on any atom is 0.222 e. The zero-order valence-electron chi connectivity index (χ0n) is 17.9. The molecule has 9 nitrogen and oxygen atoms in total. The molecular formula is C22H30N4O5. The summed E-state index contributed by atoms with van der Waals surface area (Å²) in [7, 11) is 3.53.